The Morgan fingerprint density at radius 3 is 1.98 bits per heavy atom. The maximum atomic E-state index is 14.6. The van der Waals surface area contributed by atoms with Gasteiger partial charge in [0.25, 0.3) is 0 Å². The van der Waals surface area contributed by atoms with Gasteiger partial charge in [0.1, 0.15) is 5.75 Å². The largest absolute Gasteiger partial charge is 0.478 e. The molecular formula is C33H45FO6. The minimum absolute atomic E-state index is 0.0393. The van der Waals surface area contributed by atoms with Crippen LogP contribution in [0, 0.1) is 0 Å². The highest BCUT2D eigenvalue weighted by atomic mass is 19.1. The lowest BCUT2D eigenvalue weighted by Gasteiger charge is -2.15. The van der Waals surface area contributed by atoms with Crippen LogP contribution < -0.4 is 4.74 Å². The number of carboxylic acids is 1. The van der Waals surface area contributed by atoms with Crippen LogP contribution in [0.1, 0.15) is 125 Å². The third kappa shape index (κ3) is 11.1. The molecule has 0 radical (unpaired) electrons. The van der Waals surface area contributed by atoms with Crippen LogP contribution in [0.3, 0.4) is 0 Å². The number of carbonyl (C=O) groups is 3. The first-order chi connectivity index (χ1) is 19.3. The van der Waals surface area contributed by atoms with E-state index in [0.29, 0.717) is 17.5 Å². The number of ether oxygens (including phenoxy) is 2. The molecule has 0 spiro atoms. The number of halogens is 1. The summed E-state index contributed by atoms with van der Waals surface area (Å²) in [7, 11) is 0. The first kappa shape index (κ1) is 33.0. The Balaban J connectivity index is 2.08. The molecule has 2 aromatic carbocycles. The van der Waals surface area contributed by atoms with Gasteiger partial charge in [-0.25, -0.2) is 18.8 Å². The van der Waals surface area contributed by atoms with Crippen LogP contribution in [-0.4, -0.2) is 35.3 Å². The quantitative estimate of drug-likeness (QED) is 0.106. The van der Waals surface area contributed by atoms with Crippen LogP contribution >= 0.6 is 0 Å². The number of carbonyl (C=O) groups excluding carboxylic acids is 2. The van der Waals surface area contributed by atoms with Crippen LogP contribution in [0.15, 0.2) is 42.5 Å². The number of carboxylic acid groups (broad SMARTS) is 1. The number of esters is 2. The van der Waals surface area contributed by atoms with Gasteiger partial charge in [0.15, 0.2) is 6.17 Å². The SMILES string of the molecule is CCCCCCCCC(F)C(=O)Oc1cccc(C(=O)O)c1-c1ccc(C(=O)OC(C)CCCCCCC)cc1. The summed E-state index contributed by atoms with van der Waals surface area (Å²) >= 11 is 0. The van der Waals surface area contributed by atoms with E-state index in [1.165, 1.54) is 37.5 Å². The van der Waals surface area contributed by atoms with Crippen LogP contribution in [0.25, 0.3) is 11.1 Å². The van der Waals surface area contributed by atoms with Crippen molar-refractivity contribution in [3.63, 3.8) is 0 Å². The molecule has 220 valence electrons. The van der Waals surface area contributed by atoms with E-state index in [2.05, 4.69) is 13.8 Å². The average Bonchev–Trinajstić information content (AvgIpc) is 2.94. The van der Waals surface area contributed by atoms with Crippen molar-refractivity contribution in [2.24, 2.45) is 0 Å². The molecule has 40 heavy (non-hydrogen) atoms. The number of rotatable bonds is 19. The second-order valence-electron chi connectivity index (χ2n) is 10.4. The Morgan fingerprint density at radius 2 is 1.38 bits per heavy atom. The summed E-state index contributed by atoms with van der Waals surface area (Å²) in [5.41, 5.74) is 0.808. The predicted molar refractivity (Wildman–Crippen MR) is 156 cm³/mol. The molecule has 0 amide bonds. The zero-order chi connectivity index (χ0) is 29.3. The molecule has 0 aliphatic carbocycles. The fourth-order valence-electron chi connectivity index (χ4n) is 4.60. The zero-order valence-electron chi connectivity index (χ0n) is 24.3. The summed E-state index contributed by atoms with van der Waals surface area (Å²) < 4.78 is 25.5. The number of alkyl halides is 1. The molecule has 2 aromatic rings. The normalized spacial score (nSPS) is 12.5. The van der Waals surface area contributed by atoms with Gasteiger partial charge < -0.3 is 14.6 Å². The number of unbranched alkanes of at least 4 members (excludes halogenated alkanes) is 9. The van der Waals surface area contributed by atoms with Gasteiger partial charge in [-0.05, 0) is 62.4 Å². The molecule has 0 heterocycles. The van der Waals surface area contributed by atoms with E-state index in [1.54, 1.807) is 24.3 Å². The molecule has 2 atom stereocenters. The lowest BCUT2D eigenvalue weighted by molar-refractivity contribution is -0.140. The Kier molecular flexibility index (Phi) is 15.0. The third-order valence-corrected chi connectivity index (χ3v) is 6.97. The fourth-order valence-corrected chi connectivity index (χ4v) is 4.60. The van der Waals surface area contributed by atoms with E-state index in [-0.39, 0.29) is 29.4 Å². The Morgan fingerprint density at radius 1 is 0.800 bits per heavy atom. The molecule has 7 heteroatoms. The zero-order valence-corrected chi connectivity index (χ0v) is 24.3. The van der Waals surface area contributed by atoms with Gasteiger partial charge in [0, 0.05) is 5.56 Å². The fraction of sp³-hybridized carbons (Fsp3) is 0.545. The second kappa shape index (κ2) is 18.2. The summed E-state index contributed by atoms with van der Waals surface area (Å²) in [5, 5.41) is 9.77. The topological polar surface area (TPSA) is 89.9 Å². The van der Waals surface area contributed by atoms with E-state index >= 15 is 0 Å². The van der Waals surface area contributed by atoms with Crippen LogP contribution in [0.4, 0.5) is 4.39 Å². The molecular weight excluding hydrogens is 511 g/mol. The standard InChI is InChI=1S/C33H45FO6/c1-4-6-8-10-12-14-18-28(34)33(38)40-29-19-15-17-27(31(35)36)30(29)25-20-22-26(23-21-25)32(37)39-24(3)16-13-11-9-7-5-2/h15,17,19-24,28H,4-14,16,18H2,1-3H3,(H,35,36). The highest BCUT2D eigenvalue weighted by Crippen LogP contribution is 2.34. The van der Waals surface area contributed by atoms with E-state index in [1.807, 2.05) is 6.92 Å². The molecule has 0 aliphatic rings. The second-order valence-corrected chi connectivity index (χ2v) is 10.4. The van der Waals surface area contributed by atoms with Crippen LogP contribution in [-0.2, 0) is 9.53 Å². The van der Waals surface area contributed by atoms with E-state index < -0.39 is 24.1 Å². The minimum atomic E-state index is -1.79. The molecule has 0 bridgehead atoms. The van der Waals surface area contributed by atoms with Gasteiger partial charge in [-0.15, -0.1) is 0 Å². The van der Waals surface area contributed by atoms with Crippen molar-refractivity contribution < 1.29 is 33.4 Å². The van der Waals surface area contributed by atoms with E-state index in [0.717, 1.165) is 51.4 Å². The molecule has 0 aliphatic heterocycles. The maximum absolute atomic E-state index is 14.6. The third-order valence-electron chi connectivity index (χ3n) is 6.97. The highest BCUT2D eigenvalue weighted by molar-refractivity contribution is 5.99. The summed E-state index contributed by atoms with van der Waals surface area (Å²) in [5.74, 6) is -2.75. The van der Waals surface area contributed by atoms with Crippen LogP contribution in [0.2, 0.25) is 0 Å². The molecule has 0 saturated heterocycles. The Labute approximate surface area is 238 Å². The number of hydrogen-bond donors (Lipinski definition) is 1. The van der Waals surface area contributed by atoms with Crippen molar-refractivity contribution in [3.05, 3.63) is 53.6 Å². The maximum Gasteiger partial charge on any atom is 0.346 e. The van der Waals surface area contributed by atoms with Gasteiger partial charge in [0.2, 0.25) is 0 Å². The van der Waals surface area contributed by atoms with Crippen molar-refractivity contribution in [2.45, 2.75) is 117 Å². The summed E-state index contributed by atoms with van der Waals surface area (Å²) in [6, 6.07) is 10.5. The molecule has 0 fully saturated rings. The van der Waals surface area contributed by atoms with Crippen molar-refractivity contribution in [1.29, 1.82) is 0 Å². The first-order valence-corrected chi connectivity index (χ1v) is 14.8. The lowest BCUT2D eigenvalue weighted by atomic mass is 9.97. The first-order valence-electron chi connectivity index (χ1n) is 14.8. The van der Waals surface area contributed by atoms with Crippen molar-refractivity contribution in [3.8, 4) is 16.9 Å². The van der Waals surface area contributed by atoms with Crippen LogP contribution in [0.5, 0.6) is 5.75 Å². The number of benzene rings is 2. The van der Waals surface area contributed by atoms with Gasteiger partial charge in [-0.1, -0.05) is 89.8 Å². The lowest BCUT2D eigenvalue weighted by Crippen LogP contribution is -2.22. The molecule has 1 N–H and O–H groups in total. The monoisotopic (exact) mass is 556 g/mol. The average molecular weight is 557 g/mol. The van der Waals surface area contributed by atoms with E-state index in [9.17, 15) is 23.9 Å². The van der Waals surface area contributed by atoms with Gasteiger partial charge in [-0.2, -0.15) is 0 Å². The van der Waals surface area contributed by atoms with Gasteiger partial charge in [-0.3, -0.25) is 0 Å². The Hall–Kier alpha value is -3.22. The van der Waals surface area contributed by atoms with Gasteiger partial charge >= 0.3 is 17.9 Å². The smallest absolute Gasteiger partial charge is 0.346 e. The summed E-state index contributed by atoms with van der Waals surface area (Å²) in [6.07, 6.45) is 10.3. The highest BCUT2D eigenvalue weighted by Gasteiger charge is 2.24. The minimum Gasteiger partial charge on any atom is -0.478 e. The van der Waals surface area contributed by atoms with E-state index in [4.69, 9.17) is 9.47 Å². The molecule has 2 unspecified atom stereocenters. The van der Waals surface area contributed by atoms with Crippen molar-refractivity contribution in [1.82, 2.24) is 0 Å². The Bertz CT molecular complexity index is 1070. The molecule has 2 rings (SSSR count). The summed E-state index contributed by atoms with van der Waals surface area (Å²) in [4.78, 5) is 37.1. The summed E-state index contributed by atoms with van der Waals surface area (Å²) in [6.45, 7) is 6.17. The number of aromatic carboxylic acids is 1. The van der Waals surface area contributed by atoms with Crippen molar-refractivity contribution in [2.75, 3.05) is 0 Å². The van der Waals surface area contributed by atoms with Crippen molar-refractivity contribution >= 4 is 17.9 Å². The van der Waals surface area contributed by atoms with Gasteiger partial charge in [0.05, 0.1) is 17.2 Å². The molecule has 6 nitrogen and oxygen atoms in total. The molecule has 0 saturated carbocycles. The predicted octanol–water partition coefficient (Wildman–Crippen LogP) is 8.95. The number of hydrogen-bond acceptors (Lipinski definition) is 5. The molecule has 0 aromatic heterocycles.